The van der Waals surface area contributed by atoms with Crippen LogP contribution < -0.4 is 14.4 Å². The minimum Gasteiger partial charge on any atom is -0.497 e. The lowest BCUT2D eigenvalue weighted by Gasteiger charge is -2.34. The van der Waals surface area contributed by atoms with E-state index in [1.807, 2.05) is 37.3 Å². The average Bonchev–Trinajstić information content (AvgIpc) is 3.05. The standard InChI is InChI=1S/C34H35Cl2N3O5S/c1-3-20-37-34(41)32(21-25-10-6-4-7-11-25)38(23-26-14-15-27(35)22-31(26)36)33(40)24-39(28-12-8-5-9-13-28)45(42,43)30-18-16-29(44-2)17-19-30/h4-19,22,32H,3,20-21,23-24H2,1-2H3,(H,37,41). The first-order valence-corrected chi connectivity index (χ1v) is 16.6. The van der Waals surface area contributed by atoms with Crippen molar-refractivity contribution in [1.29, 1.82) is 0 Å². The van der Waals surface area contributed by atoms with Crippen LogP contribution in [0, 0.1) is 0 Å². The Bertz CT molecular complexity index is 1690. The minimum absolute atomic E-state index is 0.0197. The van der Waals surface area contributed by atoms with Gasteiger partial charge in [0, 0.05) is 29.6 Å². The monoisotopic (exact) mass is 667 g/mol. The van der Waals surface area contributed by atoms with Gasteiger partial charge in [0.2, 0.25) is 11.8 Å². The molecule has 1 unspecified atom stereocenters. The van der Waals surface area contributed by atoms with Crippen LogP contribution in [0.5, 0.6) is 5.75 Å². The molecule has 0 aliphatic rings. The van der Waals surface area contributed by atoms with Crippen molar-refractivity contribution in [3.05, 3.63) is 124 Å². The average molecular weight is 669 g/mol. The van der Waals surface area contributed by atoms with Crippen LogP contribution in [0.3, 0.4) is 0 Å². The summed E-state index contributed by atoms with van der Waals surface area (Å²) < 4.78 is 34.4. The molecule has 11 heteroatoms. The molecule has 0 spiro atoms. The van der Waals surface area contributed by atoms with Gasteiger partial charge in [0.25, 0.3) is 10.0 Å². The highest BCUT2D eigenvalue weighted by Crippen LogP contribution is 2.28. The molecule has 0 fully saturated rings. The number of para-hydroxylation sites is 1. The van der Waals surface area contributed by atoms with Crippen LogP contribution in [0.4, 0.5) is 5.69 Å². The van der Waals surface area contributed by atoms with Gasteiger partial charge in [0.15, 0.2) is 0 Å². The molecule has 4 aromatic carbocycles. The quantitative estimate of drug-likeness (QED) is 0.169. The molecule has 0 bridgehead atoms. The summed E-state index contributed by atoms with van der Waals surface area (Å²) in [5, 5.41) is 3.66. The molecular weight excluding hydrogens is 633 g/mol. The summed E-state index contributed by atoms with van der Waals surface area (Å²) >= 11 is 12.7. The highest BCUT2D eigenvalue weighted by Gasteiger charge is 2.34. The number of carbonyl (C=O) groups excluding carboxylic acids is 2. The number of hydrogen-bond acceptors (Lipinski definition) is 5. The predicted molar refractivity (Wildman–Crippen MR) is 178 cm³/mol. The van der Waals surface area contributed by atoms with Crippen LogP contribution >= 0.6 is 23.2 Å². The lowest BCUT2D eigenvalue weighted by molar-refractivity contribution is -0.140. The largest absolute Gasteiger partial charge is 0.497 e. The molecule has 0 radical (unpaired) electrons. The molecule has 1 atom stereocenters. The second-order valence-corrected chi connectivity index (χ2v) is 13.0. The van der Waals surface area contributed by atoms with Crippen molar-refractivity contribution in [3.8, 4) is 5.75 Å². The van der Waals surface area contributed by atoms with Crippen LogP contribution in [0.1, 0.15) is 24.5 Å². The molecule has 8 nitrogen and oxygen atoms in total. The van der Waals surface area contributed by atoms with E-state index >= 15 is 0 Å². The number of halogens is 2. The first-order valence-electron chi connectivity index (χ1n) is 14.4. The van der Waals surface area contributed by atoms with Gasteiger partial charge in [-0.25, -0.2) is 8.42 Å². The fraction of sp³-hybridized carbons (Fsp3) is 0.235. The topological polar surface area (TPSA) is 96.0 Å². The van der Waals surface area contributed by atoms with Crippen molar-refractivity contribution < 1.29 is 22.7 Å². The Labute approximate surface area is 274 Å². The number of hydrogen-bond donors (Lipinski definition) is 1. The molecule has 236 valence electrons. The normalized spacial score (nSPS) is 11.8. The Kier molecular flexibility index (Phi) is 11.9. The van der Waals surface area contributed by atoms with Crippen molar-refractivity contribution in [2.75, 3.05) is 24.5 Å². The summed E-state index contributed by atoms with van der Waals surface area (Å²) in [5.41, 5.74) is 1.68. The van der Waals surface area contributed by atoms with E-state index in [0.29, 0.717) is 40.0 Å². The van der Waals surface area contributed by atoms with E-state index in [9.17, 15) is 18.0 Å². The van der Waals surface area contributed by atoms with Crippen molar-refractivity contribution in [1.82, 2.24) is 10.2 Å². The lowest BCUT2D eigenvalue weighted by Crippen LogP contribution is -2.53. The van der Waals surface area contributed by atoms with Crippen molar-refractivity contribution in [2.24, 2.45) is 0 Å². The van der Waals surface area contributed by atoms with Gasteiger partial charge in [-0.3, -0.25) is 13.9 Å². The number of rotatable bonds is 14. The highest BCUT2D eigenvalue weighted by atomic mass is 35.5. The summed E-state index contributed by atoms with van der Waals surface area (Å²) in [6.07, 6.45) is 0.895. The summed E-state index contributed by atoms with van der Waals surface area (Å²) in [4.78, 5) is 29.5. The van der Waals surface area contributed by atoms with E-state index in [0.717, 1.165) is 9.87 Å². The fourth-order valence-corrected chi connectivity index (χ4v) is 6.63. The maximum atomic E-state index is 14.4. The van der Waals surface area contributed by atoms with Gasteiger partial charge < -0.3 is 15.0 Å². The Hall–Kier alpha value is -4.05. The number of nitrogens with one attached hydrogen (secondary N) is 1. The zero-order valence-electron chi connectivity index (χ0n) is 25.0. The Morgan fingerprint density at radius 3 is 2.13 bits per heavy atom. The predicted octanol–water partition coefficient (Wildman–Crippen LogP) is 6.36. The molecule has 4 aromatic rings. The third-order valence-corrected chi connectivity index (χ3v) is 9.52. The zero-order valence-corrected chi connectivity index (χ0v) is 27.4. The van der Waals surface area contributed by atoms with Gasteiger partial charge in [0.1, 0.15) is 18.3 Å². The van der Waals surface area contributed by atoms with Gasteiger partial charge in [-0.05, 0) is 66.1 Å². The Morgan fingerprint density at radius 1 is 0.889 bits per heavy atom. The van der Waals surface area contributed by atoms with Crippen molar-refractivity contribution >= 4 is 50.7 Å². The molecule has 0 saturated heterocycles. The number of ether oxygens (including phenoxy) is 1. The van der Waals surface area contributed by atoms with E-state index in [4.69, 9.17) is 27.9 Å². The van der Waals surface area contributed by atoms with Crippen LogP contribution in [0.15, 0.2) is 108 Å². The van der Waals surface area contributed by atoms with Crippen LogP contribution in [0.2, 0.25) is 10.0 Å². The Balaban J connectivity index is 1.79. The van der Waals surface area contributed by atoms with E-state index in [1.165, 1.54) is 24.1 Å². The first-order chi connectivity index (χ1) is 21.6. The van der Waals surface area contributed by atoms with Gasteiger partial charge in [0.05, 0.1) is 17.7 Å². The third-order valence-electron chi connectivity index (χ3n) is 7.15. The molecule has 0 saturated carbocycles. The van der Waals surface area contributed by atoms with Gasteiger partial charge in [-0.15, -0.1) is 0 Å². The second kappa shape index (κ2) is 15.8. The summed E-state index contributed by atoms with van der Waals surface area (Å²) in [7, 11) is -2.74. The minimum atomic E-state index is -4.23. The fourth-order valence-electron chi connectivity index (χ4n) is 4.75. The summed E-state index contributed by atoms with van der Waals surface area (Å²) in [5.74, 6) is -0.456. The molecule has 0 aliphatic heterocycles. The molecule has 0 heterocycles. The summed E-state index contributed by atoms with van der Waals surface area (Å²) in [6.45, 7) is 1.72. The Morgan fingerprint density at radius 2 is 1.53 bits per heavy atom. The molecule has 2 amide bonds. The molecule has 1 N–H and O–H groups in total. The van der Waals surface area contributed by atoms with Crippen molar-refractivity contribution in [3.63, 3.8) is 0 Å². The molecule has 0 aliphatic carbocycles. The van der Waals surface area contributed by atoms with E-state index in [2.05, 4.69) is 5.32 Å². The van der Waals surface area contributed by atoms with E-state index in [1.54, 1.807) is 60.7 Å². The van der Waals surface area contributed by atoms with E-state index in [-0.39, 0.29) is 23.8 Å². The van der Waals surface area contributed by atoms with Gasteiger partial charge >= 0.3 is 0 Å². The van der Waals surface area contributed by atoms with E-state index < -0.39 is 28.5 Å². The maximum absolute atomic E-state index is 14.4. The zero-order chi connectivity index (χ0) is 32.4. The number of methoxy groups -OCH3 is 1. The number of anilines is 1. The molecular formula is C34H35Cl2N3O5S. The smallest absolute Gasteiger partial charge is 0.264 e. The first kappa shape index (κ1) is 33.8. The van der Waals surface area contributed by atoms with Gasteiger partial charge in [-0.2, -0.15) is 0 Å². The van der Waals surface area contributed by atoms with Crippen LogP contribution in [-0.2, 0) is 32.6 Å². The second-order valence-electron chi connectivity index (χ2n) is 10.3. The number of carbonyl (C=O) groups is 2. The lowest BCUT2D eigenvalue weighted by atomic mass is 10.0. The molecule has 45 heavy (non-hydrogen) atoms. The van der Waals surface area contributed by atoms with Gasteiger partial charge in [-0.1, -0.05) is 84.7 Å². The highest BCUT2D eigenvalue weighted by molar-refractivity contribution is 7.92. The number of benzene rings is 4. The number of nitrogens with zero attached hydrogens (tertiary/aromatic N) is 2. The van der Waals surface area contributed by atoms with Crippen molar-refractivity contribution in [2.45, 2.75) is 37.2 Å². The molecule has 0 aromatic heterocycles. The number of amides is 2. The maximum Gasteiger partial charge on any atom is 0.264 e. The number of sulfonamides is 1. The third kappa shape index (κ3) is 8.78. The van der Waals surface area contributed by atoms with Crippen LogP contribution in [-0.4, -0.2) is 51.4 Å². The van der Waals surface area contributed by atoms with Crippen LogP contribution in [0.25, 0.3) is 0 Å². The summed E-state index contributed by atoms with van der Waals surface area (Å²) in [6, 6.07) is 27.6. The molecule has 4 rings (SSSR count). The SMILES string of the molecule is CCCNC(=O)C(Cc1ccccc1)N(Cc1ccc(Cl)cc1Cl)C(=O)CN(c1ccccc1)S(=O)(=O)c1ccc(OC)cc1.